The van der Waals surface area contributed by atoms with Crippen molar-refractivity contribution in [1.82, 2.24) is 9.80 Å². The molecule has 3 rings (SSSR count). The van der Waals surface area contributed by atoms with Crippen LogP contribution in [-0.2, 0) is 19.5 Å². The molecule has 1 aliphatic heterocycles. The van der Waals surface area contributed by atoms with Crippen molar-refractivity contribution in [3.8, 4) is 0 Å². The summed E-state index contributed by atoms with van der Waals surface area (Å²) in [7, 11) is 0. The maximum absolute atomic E-state index is 2.58. The number of hydrogen-bond acceptors (Lipinski definition) is 2. The first-order valence-electron chi connectivity index (χ1n) is 8.81. The fourth-order valence-corrected chi connectivity index (χ4v) is 3.20. The Bertz CT molecular complexity index is 593. The van der Waals surface area contributed by atoms with E-state index in [1.165, 1.54) is 48.4 Å². The highest BCUT2D eigenvalue weighted by Crippen LogP contribution is 2.13. The molecular formula is C21H28N2. The molecule has 0 amide bonds. The third-order valence-corrected chi connectivity index (χ3v) is 4.83. The van der Waals surface area contributed by atoms with Crippen molar-refractivity contribution in [3.63, 3.8) is 0 Å². The number of hydrogen-bond donors (Lipinski definition) is 0. The zero-order chi connectivity index (χ0) is 16.1. The van der Waals surface area contributed by atoms with Crippen molar-refractivity contribution in [3.05, 3.63) is 70.8 Å². The zero-order valence-corrected chi connectivity index (χ0v) is 14.5. The van der Waals surface area contributed by atoms with Gasteiger partial charge >= 0.3 is 0 Å². The lowest BCUT2D eigenvalue weighted by Gasteiger charge is -2.34. The van der Waals surface area contributed by atoms with E-state index in [1.807, 2.05) is 0 Å². The van der Waals surface area contributed by atoms with Crippen LogP contribution in [0, 0.1) is 6.92 Å². The van der Waals surface area contributed by atoms with Crippen molar-refractivity contribution >= 4 is 0 Å². The minimum atomic E-state index is 1.08. The van der Waals surface area contributed by atoms with E-state index in [-0.39, 0.29) is 0 Å². The lowest BCUT2D eigenvalue weighted by Crippen LogP contribution is -2.45. The SMILES string of the molecule is CCc1ccc(CN2CCN(Cc3ccc(C)cc3)CC2)cc1. The molecule has 2 nitrogen and oxygen atoms in total. The van der Waals surface area contributed by atoms with E-state index < -0.39 is 0 Å². The van der Waals surface area contributed by atoms with Gasteiger partial charge in [-0.25, -0.2) is 0 Å². The second kappa shape index (κ2) is 7.76. The third-order valence-electron chi connectivity index (χ3n) is 4.83. The minimum absolute atomic E-state index is 1.08. The average Bonchev–Trinajstić information content (AvgIpc) is 2.59. The van der Waals surface area contributed by atoms with Crippen LogP contribution in [0.3, 0.4) is 0 Å². The molecule has 1 heterocycles. The van der Waals surface area contributed by atoms with E-state index in [0.29, 0.717) is 0 Å². The number of rotatable bonds is 5. The Morgan fingerprint density at radius 2 is 1.04 bits per heavy atom. The van der Waals surface area contributed by atoms with Gasteiger partial charge in [-0.1, -0.05) is 61.0 Å². The lowest BCUT2D eigenvalue weighted by atomic mass is 10.1. The van der Waals surface area contributed by atoms with Gasteiger partial charge in [0.05, 0.1) is 0 Å². The largest absolute Gasteiger partial charge is 0.297 e. The molecule has 122 valence electrons. The normalized spacial score (nSPS) is 16.6. The molecule has 1 fully saturated rings. The van der Waals surface area contributed by atoms with Gasteiger partial charge in [0.25, 0.3) is 0 Å². The van der Waals surface area contributed by atoms with Crippen molar-refractivity contribution in [2.75, 3.05) is 26.2 Å². The molecule has 0 bridgehead atoms. The first-order chi connectivity index (χ1) is 11.2. The van der Waals surface area contributed by atoms with Crippen LogP contribution in [0.4, 0.5) is 0 Å². The van der Waals surface area contributed by atoms with Gasteiger partial charge in [0, 0.05) is 39.3 Å². The van der Waals surface area contributed by atoms with Gasteiger partial charge in [-0.15, -0.1) is 0 Å². The summed E-state index contributed by atoms with van der Waals surface area (Å²) in [5.41, 5.74) is 5.64. The molecule has 2 aromatic carbocycles. The molecule has 0 spiro atoms. The molecule has 0 N–H and O–H groups in total. The van der Waals surface area contributed by atoms with E-state index in [0.717, 1.165) is 19.5 Å². The van der Waals surface area contributed by atoms with E-state index in [1.54, 1.807) is 0 Å². The second-order valence-electron chi connectivity index (χ2n) is 6.71. The van der Waals surface area contributed by atoms with Gasteiger partial charge in [0.1, 0.15) is 0 Å². The molecule has 1 saturated heterocycles. The van der Waals surface area contributed by atoms with E-state index in [4.69, 9.17) is 0 Å². The highest BCUT2D eigenvalue weighted by Gasteiger charge is 2.17. The Morgan fingerprint density at radius 1 is 0.652 bits per heavy atom. The molecule has 0 aromatic heterocycles. The smallest absolute Gasteiger partial charge is 0.0234 e. The van der Waals surface area contributed by atoms with Crippen LogP contribution < -0.4 is 0 Å². The Morgan fingerprint density at radius 3 is 1.48 bits per heavy atom. The van der Waals surface area contributed by atoms with Gasteiger partial charge in [-0.3, -0.25) is 9.80 Å². The van der Waals surface area contributed by atoms with Crippen LogP contribution in [0.2, 0.25) is 0 Å². The van der Waals surface area contributed by atoms with Crippen molar-refractivity contribution in [1.29, 1.82) is 0 Å². The van der Waals surface area contributed by atoms with E-state index in [9.17, 15) is 0 Å². The fourth-order valence-electron chi connectivity index (χ4n) is 3.20. The summed E-state index contributed by atoms with van der Waals surface area (Å²) in [4.78, 5) is 5.15. The van der Waals surface area contributed by atoms with Crippen LogP contribution in [0.5, 0.6) is 0 Å². The summed E-state index contributed by atoms with van der Waals surface area (Å²) in [5.74, 6) is 0. The topological polar surface area (TPSA) is 6.48 Å². The summed E-state index contributed by atoms with van der Waals surface area (Å²) in [5, 5.41) is 0. The summed E-state index contributed by atoms with van der Waals surface area (Å²) in [6.45, 7) is 11.2. The monoisotopic (exact) mass is 308 g/mol. The molecule has 23 heavy (non-hydrogen) atoms. The zero-order valence-electron chi connectivity index (χ0n) is 14.5. The maximum atomic E-state index is 2.58. The standard InChI is InChI=1S/C21H28N2/c1-3-19-8-10-21(11-9-19)17-23-14-12-22(13-15-23)16-20-6-4-18(2)5-7-20/h4-11H,3,12-17H2,1-2H3. The molecule has 2 aromatic rings. The Hall–Kier alpha value is -1.64. The third kappa shape index (κ3) is 4.66. The number of aryl methyl sites for hydroxylation is 2. The van der Waals surface area contributed by atoms with E-state index >= 15 is 0 Å². The number of nitrogens with zero attached hydrogens (tertiary/aromatic N) is 2. The Labute approximate surface area is 140 Å². The van der Waals surface area contributed by atoms with Gasteiger partial charge < -0.3 is 0 Å². The number of piperazine rings is 1. The lowest BCUT2D eigenvalue weighted by molar-refractivity contribution is 0.122. The van der Waals surface area contributed by atoms with Crippen molar-refractivity contribution < 1.29 is 0 Å². The van der Waals surface area contributed by atoms with Gasteiger partial charge in [-0.2, -0.15) is 0 Å². The molecule has 0 radical (unpaired) electrons. The summed E-state index contributed by atoms with van der Waals surface area (Å²) in [6.07, 6.45) is 1.12. The van der Waals surface area contributed by atoms with Crippen LogP contribution in [0.25, 0.3) is 0 Å². The highest BCUT2D eigenvalue weighted by molar-refractivity contribution is 5.23. The molecule has 0 unspecified atom stereocenters. The Balaban J connectivity index is 1.47. The summed E-state index contributed by atoms with van der Waals surface area (Å²) in [6, 6.07) is 18.1. The predicted octanol–water partition coefficient (Wildman–Crippen LogP) is 3.88. The van der Waals surface area contributed by atoms with Crippen LogP contribution >= 0.6 is 0 Å². The molecule has 0 atom stereocenters. The first-order valence-corrected chi connectivity index (χ1v) is 8.81. The summed E-state index contributed by atoms with van der Waals surface area (Å²) >= 11 is 0. The highest BCUT2D eigenvalue weighted by atomic mass is 15.3. The summed E-state index contributed by atoms with van der Waals surface area (Å²) < 4.78 is 0. The van der Waals surface area contributed by atoms with Crippen LogP contribution in [0.15, 0.2) is 48.5 Å². The minimum Gasteiger partial charge on any atom is -0.297 e. The van der Waals surface area contributed by atoms with Gasteiger partial charge in [-0.05, 0) is 30.0 Å². The van der Waals surface area contributed by atoms with Gasteiger partial charge in [0.15, 0.2) is 0 Å². The fraction of sp³-hybridized carbons (Fsp3) is 0.429. The molecular weight excluding hydrogens is 280 g/mol. The average molecular weight is 308 g/mol. The van der Waals surface area contributed by atoms with Crippen molar-refractivity contribution in [2.24, 2.45) is 0 Å². The number of benzene rings is 2. The first kappa shape index (κ1) is 16.2. The van der Waals surface area contributed by atoms with E-state index in [2.05, 4.69) is 72.2 Å². The molecule has 1 aliphatic rings. The van der Waals surface area contributed by atoms with Gasteiger partial charge in [0.2, 0.25) is 0 Å². The molecule has 2 heteroatoms. The predicted molar refractivity (Wildman–Crippen MR) is 97.6 cm³/mol. The van der Waals surface area contributed by atoms with Crippen LogP contribution in [0.1, 0.15) is 29.2 Å². The quantitative estimate of drug-likeness (QED) is 0.827. The second-order valence-corrected chi connectivity index (χ2v) is 6.71. The van der Waals surface area contributed by atoms with Crippen LogP contribution in [-0.4, -0.2) is 36.0 Å². The van der Waals surface area contributed by atoms with Crippen molar-refractivity contribution in [2.45, 2.75) is 33.4 Å². The maximum Gasteiger partial charge on any atom is 0.0234 e. The Kier molecular flexibility index (Phi) is 5.47. The molecule has 0 saturated carbocycles. The molecule has 0 aliphatic carbocycles.